The Labute approximate surface area is 194 Å². The van der Waals surface area contributed by atoms with Crippen molar-refractivity contribution in [1.29, 1.82) is 0 Å². The Morgan fingerprint density at radius 1 is 1.22 bits per heavy atom. The summed E-state index contributed by atoms with van der Waals surface area (Å²) in [5.41, 5.74) is 1.11. The number of carbonyl (C=O) groups is 1. The minimum atomic E-state index is -4.32. The van der Waals surface area contributed by atoms with Crippen molar-refractivity contribution in [1.82, 2.24) is 0 Å². The zero-order valence-corrected chi connectivity index (χ0v) is 19.7. The third kappa shape index (κ3) is 6.25. The van der Waals surface area contributed by atoms with Gasteiger partial charge in [0.1, 0.15) is 5.75 Å². The zero-order chi connectivity index (χ0) is 23.3. The number of fused-ring (bicyclic) bond motifs is 1. The van der Waals surface area contributed by atoms with Gasteiger partial charge in [-0.1, -0.05) is 19.1 Å². The zero-order valence-electron chi connectivity index (χ0n) is 18.1. The topological polar surface area (TPSA) is 35.5 Å². The van der Waals surface area contributed by atoms with Crippen molar-refractivity contribution < 1.29 is 27.4 Å². The first-order valence-electron chi connectivity index (χ1n) is 10.3. The van der Waals surface area contributed by atoms with Crippen LogP contribution in [0.25, 0.3) is 0 Å². The molecule has 0 saturated heterocycles. The maximum Gasteiger partial charge on any atom is 0.416 e. The second-order valence-electron chi connectivity index (χ2n) is 7.38. The van der Waals surface area contributed by atoms with E-state index in [0.29, 0.717) is 12.4 Å². The van der Waals surface area contributed by atoms with E-state index >= 15 is 0 Å². The van der Waals surface area contributed by atoms with Gasteiger partial charge in [-0.3, -0.25) is 0 Å². The van der Waals surface area contributed by atoms with Crippen molar-refractivity contribution in [2.75, 3.05) is 19.0 Å². The first kappa shape index (κ1) is 24.6. The Kier molecular flexibility index (Phi) is 8.22. The summed E-state index contributed by atoms with van der Waals surface area (Å²) in [6.07, 6.45) is -0.170. The number of aryl methyl sites for hydroxylation is 1. The monoisotopic (exact) mass is 482 g/mol. The molecule has 0 amide bonds. The first-order chi connectivity index (χ1) is 15.2. The maximum atomic E-state index is 13.0. The Hall–Kier alpha value is -2.06. The van der Waals surface area contributed by atoms with Crippen LogP contribution in [0.3, 0.4) is 0 Å². The molecule has 0 saturated carbocycles. The highest BCUT2D eigenvalue weighted by Gasteiger charge is 2.34. The molecule has 3 nitrogen and oxygen atoms in total. The minimum Gasteiger partial charge on any atom is -0.482 e. The van der Waals surface area contributed by atoms with Crippen molar-refractivity contribution >= 4 is 29.5 Å². The number of benzene rings is 2. The van der Waals surface area contributed by atoms with Gasteiger partial charge >= 0.3 is 12.1 Å². The summed E-state index contributed by atoms with van der Waals surface area (Å²) in [4.78, 5) is 13.4. The van der Waals surface area contributed by atoms with Crippen molar-refractivity contribution in [3.05, 3.63) is 65.2 Å². The molecule has 0 aliphatic carbocycles. The third-order valence-corrected chi connectivity index (χ3v) is 7.46. The highest BCUT2D eigenvalue weighted by atomic mass is 32.2. The maximum absolute atomic E-state index is 13.0. The molecule has 0 N–H and O–H groups in total. The van der Waals surface area contributed by atoms with Gasteiger partial charge in [-0.25, -0.2) is 4.79 Å². The summed E-state index contributed by atoms with van der Waals surface area (Å²) < 4.78 is 49.4. The summed E-state index contributed by atoms with van der Waals surface area (Å²) in [6, 6.07) is 9.79. The molecule has 2 unspecified atom stereocenters. The minimum absolute atomic E-state index is 0.0247. The summed E-state index contributed by atoms with van der Waals surface area (Å²) in [7, 11) is 0. The standard InChI is InChI=1S/C24H25F3O3S2/c1-4-29-23(28)14-30-20-9-8-18(12-15(20)2)31-11-5-6-21-16(3)19-13-17(24(25,26)27)7-10-22(19)32-21/h5-10,12-13,16,21H,4,11,14H2,1-3H3/b6-5+. The fraction of sp³-hybridized carbons (Fsp3) is 0.375. The lowest BCUT2D eigenvalue weighted by Gasteiger charge is -2.12. The van der Waals surface area contributed by atoms with E-state index in [2.05, 4.69) is 12.2 Å². The van der Waals surface area contributed by atoms with Crippen molar-refractivity contribution in [3.8, 4) is 5.75 Å². The smallest absolute Gasteiger partial charge is 0.416 e. The summed E-state index contributed by atoms with van der Waals surface area (Å²) in [5.74, 6) is 1.02. The number of hydrogen-bond acceptors (Lipinski definition) is 5. The van der Waals surface area contributed by atoms with Gasteiger partial charge in [-0.15, -0.1) is 23.5 Å². The molecule has 8 heteroatoms. The van der Waals surface area contributed by atoms with Crippen LogP contribution in [-0.2, 0) is 15.7 Å². The van der Waals surface area contributed by atoms with Gasteiger partial charge < -0.3 is 9.47 Å². The van der Waals surface area contributed by atoms with Crippen LogP contribution in [0.15, 0.2) is 58.3 Å². The van der Waals surface area contributed by atoms with Crippen LogP contribution in [0.4, 0.5) is 13.2 Å². The van der Waals surface area contributed by atoms with E-state index in [0.717, 1.165) is 32.7 Å². The van der Waals surface area contributed by atoms with E-state index in [9.17, 15) is 18.0 Å². The van der Waals surface area contributed by atoms with E-state index in [1.165, 1.54) is 6.07 Å². The van der Waals surface area contributed by atoms with Gasteiger partial charge in [0.25, 0.3) is 0 Å². The molecule has 1 heterocycles. The number of carbonyl (C=O) groups excluding carboxylic acids is 1. The molecular weight excluding hydrogens is 457 g/mol. The highest BCUT2D eigenvalue weighted by molar-refractivity contribution is 8.00. The predicted molar refractivity (Wildman–Crippen MR) is 123 cm³/mol. The van der Waals surface area contributed by atoms with E-state index < -0.39 is 17.7 Å². The molecule has 0 spiro atoms. The predicted octanol–water partition coefficient (Wildman–Crippen LogP) is 6.88. The number of thioether (sulfide) groups is 2. The average Bonchev–Trinajstić information content (AvgIpc) is 3.05. The van der Waals surface area contributed by atoms with E-state index in [1.54, 1.807) is 36.5 Å². The van der Waals surface area contributed by atoms with Crippen molar-refractivity contribution in [2.24, 2.45) is 0 Å². The van der Waals surface area contributed by atoms with Gasteiger partial charge in [-0.2, -0.15) is 13.2 Å². The lowest BCUT2D eigenvalue weighted by molar-refractivity contribution is -0.145. The number of ether oxygens (including phenoxy) is 2. The van der Waals surface area contributed by atoms with Crippen LogP contribution in [-0.4, -0.2) is 30.2 Å². The number of esters is 1. The van der Waals surface area contributed by atoms with Crippen molar-refractivity contribution in [2.45, 2.75) is 47.9 Å². The molecule has 3 rings (SSSR count). The molecule has 32 heavy (non-hydrogen) atoms. The average molecular weight is 483 g/mol. The Morgan fingerprint density at radius 2 is 2.00 bits per heavy atom. The normalized spacial score (nSPS) is 18.1. The Bertz CT molecular complexity index is 989. The second kappa shape index (κ2) is 10.7. The highest BCUT2D eigenvalue weighted by Crippen LogP contribution is 2.47. The van der Waals surface area contributed by atoms with Gasteiger partial charge in [0.05, 0.1) is 12.2 Å². The molecule has 0 aromatic heterocycles. The van der Waals surface area contributed by atoms with E-state index in [1.807, 2.05) is 32.0 Å². The van der Waals surface area contributed by atoms with Crippen LogP contribution in [0.1, 0.15) is 36.5 Å². The molecule has 0 radical (unpaired) electrons. The number of alkyl halides is 3. The molecule has 2 aromatic rings. The molecule has 2 atom stereocenters. The van der Waals surface area contributed by atoms with Gasteiger partial charge in [0, 0.05) is 20.8 Å². The number of halogens is 3. The molecule has 2 aromatic carbocycles. The Balaban J connectivity index is 1.52. The molecule has 172 valence electrons. The Morgan fingerprint density at radius 3 is 2.69 bits per heavy atom. The molecule has 1 aliphatic rings. The summed E-state index contributed by atoms with van der Waals surface area (Å²) in [6.45, 7) is 5.85. The van der Waals surface area contributed by atoms with Crippen LogP contribution in [0.2, 0.25) is 0 Å². The molecule has 0 fully saturated rings. The van der Waals surface area contributed by atoms with Crippen molar-refractivity contribution in [3.63, 3.8) is 0 Å². The number of rotatable bonds is 8. The fourth-order valence-electron chi connectivity index (χ4n) is 3.37. The lowest BCUT2D eigenvalue weighted by atomic mass is 9.96. The van der Waals surface area contributed by atoms with Gasteiger partial charge in [0.15, 0.2) is 6.61 Å². The van der Waals surface area contributed by atoms with Gasteiger partial charge in [0.2, 0.25) is 0 Å². The third-order valence-electron chi connectivity index (χ3n) is 5.05. The van der Waals surface area contributed by atoms with Crippen LogP contribution in [0.5, 0.6) is 5.75 Å². The molecular formula is C24H25F3O3S2. The summed E-state index contributed by atoms with van der Waals surface area (Å²) in [5, 5.41) is 0.120. The van der Waals surface area contributed by atoms with E-state index in [4.69, 9.17) is 9.47 Å². The first-order valence-corrected chi connectivity index (χ1v) is 12.1. The molecule has 1 aliphatic heterocycles. The second-order valence-corrected chi connectivity index (χ2v) is 9.69. The largest absolute Gasteiger partial charge is 0.482 e. The van der Waals surface area contributed by atoms with Crippen LogP contribution in [0, 0.1) is 6.92 Å². The number of hydrogen-bond donors (Lipinski definition) is 0. The van der Waals surface area contributed by atoms with E-state index in [-0.39, 0.29) is 17.8 Å². The van der Waals surface area contributed by atoms with Crippen LogP contribution >= 0.6 is 23.5 Å². The quantitative estimate of drug-likeness (QED) is 0.233. The molecule has 0 bridgehead atoms. The summed E-state index contributed by atoms with van der Waals surface area (Å²) >= 11 is 3.27. The SMILES string of the molecule is CCOC(=O)COc1ccc(SC/C=C/C2Sc3ccc(C(F)(F)F)cc3C2C)cc1C. The van der Waals surface area contributed by atoms with Crippen LogP contribution < -0.4 is 4.74 Å². The fourth-order valence-corrected chi connectivity index (χ4v) is 5.55. The van der Waals surface area contributed by atoms with Gasteiger partial charge in [-0.05, 0) is 67.3 Å². The lowest BCUT2D eigenvalue weighted by Crippen LogP contribution is -2.14.